The number of ketones is 1. The Balaban J connectivity index is 2.21. The number of carbonyl (C=O) groups is 1. The van der Waals surface area contributed by atoms with Crippen molar-refractivity contribution in [2.45, 2.75) is 12.5 Å². The molecule has 5 heteroatoms. The number of methoxy groups -OCH3 is 1. The van der Waals surface area contributed by atoms with Gasteiger partial charge in [-0.25, -0.2) is 0 Å². The molecule has 2 aromatic rings. The van der Waals surface area contributed by atoms with Crippen molar-refractivity contribution in [2.24, 2.45) is 0 Å². The second-order valence-corrected chi connectivity index (χ2v) is 4.57. The maximum atomic E-state index is 12.2. The zero-order chi connectivity index (χ0) is 15.4. The van der Waals surface area contributed by atoms with Gasteiger partial charge in [0.2, 0.25) is 5.75 Å². The number of rotatable bonds is 5. The Morgan fingerprint density at radius 1 is 1.14 bits per heavy atom. The Hall–Kier alpha value is -2.53. The van der Waals surface area contributed by atoms with Crippen LogP contribution >= 0.6 is 0 Å². The van der Waals surface area contributed by atoms with Crippen LogP contribution in [0.2, 0.25) is 0 Å². The number of phenols is 2. The van der Waals surface area contributed by atoms with E-state index in [2.05, 4.69) is 0 Å². The van der Waals surface area contributed by atoms with E-state index in [1.807, 2.05) is 6.07 Å². The van der Waals surface area contributed by atoms with Crippen LogP contribution in [0.3, 0.4) is 0 Å². The number of benzene rings is 2. The van der Waals surface area contributed by atoms with Crippen molar-refractivity contribution in [3.05, 3.63) is 53.6 Å². The van der Waals surface area contributed by atoms with Crippen molar-refractivity contribution in [3.8, 4) is 17.2 Å². The van der Waals surface area contributed by atoms with Crippen LogP contribution in [0.5, 0.6) is 17.2 Å². The highest BCUT2D eigenvalue weighted by Crippen LogP contribution is 2.39. The lowest BCUT2D eigenvalue weighted by Gasteiger charge is -2.12. The molecule has 0 aliphatic rings. The van der Waals surface area contributed by atoms with Gasteiger partial charge in [-0.3, -0.25) is 4.79 Å². The topological polar surface area (TPSA) is 87.0 Å². The van der Waals surface area contributed by atoms with E-state index in [0.29, 0.717) is 5.56 Å². The second kappa shape index (κ2) is 6.28. The van der Waals surface area contributed by atoms with Crippen molar-refractivity contribution in [1.29, 1.82) is 0 Å². The third-order valence-corrected chi connectivity index (χ3v) is 3.18. The van der Waals surface area contributed by atoms with Crippen molar-refractivity contribution in [1.82, 2.24) is 0 Å². The van der Waals surface area contributed by atoms with Gasteiger partial charge in [-0.05, 0) is 17.7 Å². The second-order valence-electron chi connectivity index (χ2n) is 4.57. The zero-order valence-electron chi connectivity index (χ0n) is 11.5. The molecule has 0 fully saturated rings. The number of carbonyl (C=O) groups excluding carboxylic acids is 1. The predicted octanol–water partition coefficient (Wildman–Crippen LogP) is 2.41. The quantitative estimate of drug-likeness (QED) is 0.735. The van der Waals surface area contributed by atoms with Gasteiger partial charge in [0.25, 0.3) is 0 Å². The summed E-state index contributed by atoms with van der Waals surface area (Å²) in [6.07, 6.45) is -1.14. The average molecular weight is 288 g/mol. The summed E-state index contributed by atoms with van der Waals surface area (Å²) in [4.78, 5) is 12.2. The molecule has 1 atom stereocenters. The molecule has 0 heterocycles. The first-order valence-corrected chi connectivity index (χ1v) is 6.39. The van der Waals surface area contributed by atoms with Gasteiger partial charge in [0.1, 0.15) is 0 Å². The van der Waals surface area contributed by atoms with Crippen molar-refractivity contribution >= 4 is 5.78 Å². The molecule has 0 aliphatic carbocycles. The summed E-state index contributed by atoms with van der Waals surface area (Å²) in [7, 11) is 1.28. The molecule has 5 nitrogen and oxygen atoms in total. The molecule has 0 bridgehead atoms. The molecule has 0 saturated heterocycles. The van der Waals surface area contributed by atoms with Crippen LogP contribution in [-0.2, 0) is 0 Å². The SMILES string of the molecule is COc1c(O)ccc(C(=O)C[C@H](O)c2ccccc2)c1O. The number of aliphatic hydroxyl groups excluding tert-OH is 1. The molecule has 0 spiro atoms. The summed E-state index contributed by atoms with van der Waals surface area (Å²) in [5.41, 5.74) is 0.621. The standard InChI is InChI=1S/C16H16O5/c1-21-16-12(17)8-7-11(15(16)20)14(19)9-13(18)10-5-3-2-4-6-10/h2-8,13,17-18,20H,9H2,1H3/t13-/m0/s1. The van der Waals surface area contributed by atoms with Crippen LogP contribution in [0.4, 0.5) is 0 Å². The van der Waals surface area contributed by atoms with Crippen molar-refractivity contribution in [2.75, 3.05) is 7.11 Å². The molecule has 0 unspecified atom stereocenters. The van der Waals surface area contributed by atoms with E-state index in [9.17, 15) is 20.1 Å². The number of hydrogen-bond acceptors (Lipinski definition) is 5. The molecule has 21 heavy (non-hydrogen) atoms. The summed E-state index contributed by atoms with van der Waals surface area (Å²) >= 11 is 0. The van der Waals surface area contributed by atoms with E-state index in [1.54, 1.807) is 24.3 Å². The highest BCUT2D eigenvalue weighted by atomic mass is 16.5. The molecule has 0 radical (unpaired) electrons. The minimum atomic E-state index is -0.960. The lowest BCUT2D eigenvalue weighted by atomic mass is 9.99. The lowest BCUT2D eigenvalue weighted by molar-refractivity contribution is 0.0877. The van der Waals surface area contributed by atoms with E-state index in [-0.39, 0.29) is 23.5 Å². The maximum Gasteiger partial charge on any atom is 0.203 e. The number of ether oxygens (including phenoxy) is 1. The van der Waals surface area contributed by atoms with Crippen LogP contribution in [0, 0.1) is 0 Å². The van der Waals surface area contributed by atoms with Gasteiger partial charge in [-0.15, -0.1) is 0 Å². The van der Waals surface area contributed by atoms with Gasteiger partial charge in [0, 0.05) is 6.42 Å². The summed E-state index contributed by atoms with van der Waals surface area (Å²) in [6, 6.07) is 11.3. The van der Waals surface area contributed by atoms with E-state index in [1.165, 1.54) is 19.2 Å². The molecule has 110 valence electrons. The molecule has 0 aliphatic heterocycles. The third kappa shape index (κ3) is 3.14. The molecular formula is C16H16O5. The number of aromatic hydroxyl groups is 2. The van der Waals surface area contributed by atoms with Gasteiger partial charge >= 0.3 is 0 Å². The van der Waals surface area contributed by atoms with Crippen LogP contribution in [0.25, 0.3) is 0 Å². The molecular weight excluding hydrogens is 272 g/mol. The normalized spacial score (nSPS) is 11.9. The van der Waals surface area contributed by atoms with E-state index >= 15 is 0 Å². The van der Waals surface area contributed by atoms with Gasteiger partial charge in [-0.1, -0.05) is 30.3 Å². The first-order chi connectivity index (χ1) is 10.0. The highest BCUT2D eigenvalue weighted by molar-refractivity contribution is 6.00. The molecule has 0 amide bonds. The van der Waals surface area contributed by atoms with Gasteiger partial charge < -0.3 is 20.1 Å². The average Bonchev–Trinajstić information content (AvgIpc) is 2.48. The number of aliphatic hydroxyl groups is 1. The van der Waals surface area contributed by atoms with E-state index in [4.69, 9.17) is 4.74 Å². The third-order valence-electron chi connectivity index (χ3n) is 3.18. The molecule has 3 N–H and O–H groups in total. The number of hydrogen-bond donors (Lipinski definition) is 3. The first kappa shape index (κ1) is 14.9. The van der Waals surface area contributed by atoms with E-state index < -0.39 is 17.6 Å². The fourth-order valence-electron chi connectivity index (χ4n) is 2.07. The van der Waals surface area contributed by atoms with Crippen molar-refractivity contribution < 1.29 is 24.9 Å². The minimum Gasteiger partial charge on any atom is -0.504 e. The van der Waals surface area contributed by atoms with Crippen molar-refractivity contribution in [3.63, 3.8) is 0 Å². The Morgan fingerprint density at radius 3 is 2.43 bits per heavy atom. The molecule has 2 rings (SSSR count). The lowest BCUT2D eigenvalue weighted by Crippen LogP contribution is -2.07. The Labute approximate surface area is 122 Å². The highest BCUT2D eigenvalue weighted by Gasteiger charge is 2.21. The van der Waals surface area contributed by atoms with Crippen LogP contribution < -0.4 is 4.74 Å². The largest absolute Gasteiger partial charge is 0.504 e. The summed E-state index contributed by atoms with van der Waals surface area (Å²) in [5.74, 6) is -1.28. The Bertz CT molecular complexity index is 637. The molecule has 0 aromatic heterocycles. The Kier molecular flexibility index (Phi) is 4.45. The maximum absolute atomic E-state index is 12.2. The monoisotopic (exact) mass is 288 g/mol. The first-order valence-electron chi connectivity index (χ1n) is 6.39. The van der Waals surface area contributed by atoms with Gasteiger partial charge in [0.05, 0.1) is 18.8 Å². The summed E-state index contributed by atoms with van der Waals surface area (Å²) in [6.45, 7) is 0. The van der Waals surface area contributed by atoms with Crippen LogP contribution in [-0.4, -0.2) is 28.2 Å². The van der Waals surface area contributed by atoms with Crippen LogP contribution in [0.15, 0.2) is 42.5 Å². The smallest absolute Gasteiger partial charge is 0.203 e. The van der Waals surface area contributed by atoms with Gasteiger partial charge in [0.15, 0.2) is 17.3 Å². The fraction of sp³-hybridized carbons (Fsp3) is 0.188. The fourth-order valence-corrected chi connectivity index (χ4v) is 2.07. The van der Waals surface area contributed by atoms with Crippen LogP contribution in [0.1, 0.15) is 28.4 Å². The predicted molar refractivity (Wildman–Crippen MR) is 76.7 cm³/mol. The molecule has 0 saturated carbocycles. The molecule has 2 aromatic carbocycles. The minimum absolute atomic E-state index is 0.000342. The van der Waals surface area contributed by atoms with E-state index in [0.717, 1.165) is 0 Å². The number of Topliss-reactive ketones (excluding diaryl/α,β-unsaturated/α-hetero) is 1. The zero-order valence-corrected chi connectivity index (χ0v) is 11.5. The number of phenolic OH excluding ortho intramolecular Hbond substituents is 2. The Morgan fingerprint density at radius 2 is 1.81 bits per heavy atom. The summed E-state index contributed by atoms with van der Waals surface area (Å²) in [5, 5.41) is 29.5. The van der Waals surface area contributed by atoms with Gasteiger partial charge in [-0.2, -0.15) is 0 Å². The summed E-state index contributed by atoms with van der Waals surface area (Å²) < 4.78 is 4.84.